The lowest BCUT2D eigenvalue weighted by atomic mass is 9.88. The topological polar surface area (TPSA) is 69.2 Å². The number of rotatable bonds is 9. The Labute approximate surface area is 193 Å². The second-order valence-corrected chi connectivity index (χ2v) is 9.32. The first-order valence-corrected chi connectivity index (χ1v) is 12.2. The number of ether oxygens (including phenoxy) is 1. The molecule has 1 aromatic rings. The van der Waals surface area contributed by atoms with Crippen LogP contribution in [0, 0.1) is 5.92 Å². The summed E-state index contributed by atoms with van der Waals surface area (Å²) in [6, 6.07) is 8.47. The SMILES string of the molecule is CN=C(NCc1ccc(OCCCN(C)C)cc1)NC1CCN(C(=O)C2CCCCC2)C1. The summed E-state index contributed by atoms with van der Waals surface area (Å²) in [7, 11) is 5.94. The zero-order valence-corrected chi connectivity index (χ0v) is 20.1. The van der Waals surface area contributed by atoms with Crippen molar-refractivity contribution < 1.29 is 9.53 Å². The molecule has 1 amide bonds. The molecule has 1 aromatic carbocycles. The molecule has 0 aromatic heterocycles. The molecule has 0 bridgehead atoms. The highest BCUT2D eigenvalue weighted by Gasteiger charge is 2.31. The maximum absolute atomic E-state index is 12.8. The van der Waals surface area contributed by atoms with Crippen molar-refractivity contribution in [3.63, 3.8) is 0 Å². The number of hydrogen-bond acceptors (Lipinski definition) is 4. The Morgan fingerprint density at radius 3 is 2.59 bits per heavy atom. The van der Waals surface area contributed by atoms with Gasteiger partial charge in [-0.2, -0.15) is 0 Å². The molecule has 7 nitrogen and oxygen atoms in total. The van der Waals surface area contributed by atoms with Gasteiger partial charge in [-0.15, -0.1) is 0 Å². The van der Waals surface area contributed by atoms with Crippen molar-refractivity contribution in [2.45, 2.75) is 57.5 Å². The fourth-order valence-electron chi connectivity index (χ4n) is 4.53. The van der Waals surface area contributed by atoms with Gasteiger partial charge in [-0.05, 0) is 57.5 Å². The first-order valence-electron chi connectivity index (χ1n) is 12.2. The molecule has 1 unspecified atom stereocenters. The molecule has 1 aliphatic carbocycles. The van der Waals surface area contributed by atoms with Gasteiger partial charge in [0.05, 0.1) is 6.61 Å². The summed E-state index contributed by atoms with van der Waals surface area (Å²) < 4.78 is 5.80. The smallest absolute Gasteiger partial charge is 0.225 e. The van der Waals surface area contributed by atoms with Gasteiger partial charge in [0, 0.05) is 45.2 Å². The number of likely N-dealkylation sites (tertiary alicyclic amines) is 1. The quantitative estimate of drug-likeness (QED) is 0.349. The van der Waals surface area contributed by atoms with Crippen molar-refractivity contribution in [1.82, 2.24) is 20.4 Å². The number of aliphatic imine (C=N–C) groups is 1. The summed E-state index contributed by atoms with van der Waals surface area (Å²) in [6.07, 6.45) is 7.80. The molecule has 178 valence electrons. The van der Waals surface area contributed by atoms with E-state index in [2.05, 4.69) is 51.7 Å². The van der Waals surface area contributed by atoms with Crippen LogP contribution in [0.2, 0.25) is 0 Å². The molecule has 0 spiro atoms. The Bertz CT molecular complexity index is 728. The van der Waals surface area contributed by atoms with Gasteiger partial charge >= 0.3 is 0 Å². The number of carbonyl (C=O) groups excluding carboxylic acids is 1. The van der Waals surface area contributed by atoms with Crippen LogP contribution in [0.25, 0.3) is 0 Å². The van der Waals surface area contributed by atoms with Crippen LogP contribution in [0.5, 0.6) is 5.75 Å². The van der Waals surface area contributed by atoms with Crippen molar-refractivity contribution >= 4 is 11.9 Å². The van der Waals surface area contributed by atoms with Gasteiger partial charge in [0.1, 0.15) is 5.75 Å². The van der Waals surface area contributed by atoms with Crippen LogP contribution in [0.3, 0.4) is 0 Å². The first-order chi connectivity index (χ1) is 15.5. The molecule has 2 aliphatic rings. The molecule has 2 N–H and O–H groups in total. The van der Waals surface area contributed by atoms with Crippen molar-refractivity contribution in [3.8, 4) is 5.75 Å². The Kier molecular flexibility index (Phi) is 9.65. The fourth-order valence-corrected chi connectivity index (χ4v) is 4.53. The zero-order valence-electron chi connectivity index (χ0n) is 20.1. The molecule has 1 aliphatic heterocycles. The maximum Gasteiger partial charge on any atom is 0.225 e. The Balaban J connectivity index is 1.38. The predicted octanol–water partition coefficient (Wildman–Crippen LogP) is 2.86. The van der Waals surface area contributed by atoms with Gasteiger partial charge < -0.3 is 25.2 Å². The average Bonchev–Trinajstić information content (AvgIpc) is 3.28. The molecular formula is C25H41N5O2. The van der Waals surface area contributed by atoms with Crippen LogP contribution in [-0.2, 0) is 11.3 Å². The van der Waals surface area contributed by atoms with E-state index in [1.165, 1.54) is 24.8 Å². The lowest BCUT2D eigenvalue weighted by Crippen LogP contribution is -2.45. The Morgan fingerprint density at radius 2 is 1.91 bits per heavy atom. The minimum atomic E-state index is 0.250. The van der Waals surface area contributed by atoms with Gasteiger partial charge in [-0.1, -0.05) is 31.4 Å². The molecule has 7 heteroatoms. The summed E-state index contributed by atoms with van der Waals surface area (Å²) in [6.45, 7) is 4.07. The Hall–Kier alpha value is -2.28. The second-order valence-electron chi connectivity index (χ2n) is 9.32. The highest BCUT2D eigenvalue weighted by atomic mass is 16.5. The summed E-state index contributed by atoms with van der Waals surface area (Å²) in [4.78, 5) is 21.4. The molecule has 3 rings (SSSR count). The first kappa shape index (κ1) is 24.4. The van der Waals surface area contributed by atoms with E-state index in [1.54, 1.807) is 7.05 Å². The maximum atomic E-state index is 12.8. The number of nitrogens with one attached hydrogen (secondary N) is 2. The summed E-state index contributed by atoms with van der Waals surface area (Å²) in [5, 5.41) is 6.89. The lowest BCUT2D eigenvalue weighted by Gasteiger charge is -2.26. The molecule has 0 radical (unpaired) electrons. The molecule has 1 saturated carbocycles. The van der Waals surface area contributed by atoms with E-state index in [-0.39, 0.29) is 12.0 Å². The van der Waals surface area contributed by atoms with Crippen LogP contribution in [0.1, 0.15) is 50.5 Å². The lowest BCUT2D eigenvalue weighted by molar-refractivity contribution is -0.135. The van der Waals surface area contributed by atoms with Gasteiger partial charge in [0.25, 0.3) is 0 Å². The van der Waals surface area contributed by atoms with Crippen LogP contribution >= 0.6 is 0 Å². The Morgan fingerprint density at radius 1 is 1.16 bits per heavy atom. The number of carbonyl (C=O) groups is 1. The number of amides is 1. The number of nitrogens with zero attached hydrogens (tertiary/aromatic N) is 3. The van der Waals surface area contributed by atoms with Crippen molar-refractivity contribution in [2.24, 2.45) is 10.9 Å². The van der Waals surface area contributed by atoms with Crippen molar-refractivity contribution in [2.75, 3.05) is 47.4 Å². The molecule has 1 atom stereocenters. The predicted molar refractivity (Wildman–Crippen MR) is 130 cm³/mol. The second kappa shape index (κ2) is 12.7. The fraction of sp³-hybridized carbons (Fsp3) is 0.680. The number of benzene rings is 1. The summed E-state index contributed by atoms with van der Waals surface area (Å²) >= 11 is 0. The van der Waals surface area contributed by atoms with Crippen LogP contribution in [0.15, 0.2) is 29.3 Å². The largest absolute Gasteiger partial charge is 0.494 e. The molecular weight excluding hydrogens is 402 g/mol. The molecule has 1 saturated heterocycles. The van der Waals surface area contributed by atoms with E-state index in [0.29, 0.717) is 12.5 Å². The van der Waals surface area contributed by atoms with Gasteiger partial charge in [-0.3, -0.25) is 9.79 Å². The highest BCUT2D eigenvalue weighted by molar-refractivity contribution is 5.81. The van der Waals surface area contributed by atoms with Crippen LogP contribution in [-0.4, -0.2) is 75.1 Å². The third-order valence-corrected chi connectivity index (χ3v) is 6.42. The third-order valence-electron chi connectivity index (χ3n) is 6.42. The van der Waals surface area contributed by atoms with Crippen LogP contribution < -0.4 is 15.4 Å². The van der Waals surface area contributed by atoms with Gasteiger partial charge in [0.15, 0.2) is 5.96 Å². The van der Waals surface area contributed by atoms with E-state index in [4.69, 9.17) is 4.74 Å². The highest BCUT2D eigenvalue weighted by Crippen LogP contribution is 2.26. The zero-order chi connectivity index (χ0) is 22.8. The normalized spacial score (nSPS) is 19.9. The van der Waals surface area contributed by atoms with Crippen molar-refractivity contribution in [3.05, 3.63) is 29.8 Å². The van der Waals surface area contributed by atoms with E-state index >= 15 is 0 Å². The molecule has 2 fully saturated rings. The standard InChI is InChI=1S/C25H41N5O2/c1-26-25(27-18-20-10-12-23(13-11-20)32-17-7-15-29(2)3)28-22-14-16-30(19-22)24(31)21-8-5-4-6-9-21/h10-13,21-22H,4-9,14-19H2,1-3H3,(H2,26,27,28). The number of guanidine groups is 1. The molecule has 32 heavy (non-hydrogen) atoms. The minimum Gasteiger partial charge on any atom is -0.494 e. The van der Waals surface area contributed by atoms with E-state index in [1.807, 2.05) is 12.1 Å². The van der Waals surface area contributed by atoms with E-state index < -0.39 is 0 Å². The molecule has 1 heterocycles. The van der Waals surface area contributed by atoms with E-state index in [9.17, 15) is 4.79 Å². The third kappa shape index (κ3) is 7.69. The number of hydrogen-bond donors (Lipinski definition) is 2. The summed E-state index contributed by atoms with van der Waals surface area (Å²) in [5.74, 6) is 2.30. The monoisotopic (exact) mass is 443 g/mol. The van der Waals surface area contributed by atoms with Gasteiger partial charge in [-0.25, -0.2) is 0 Å². The van der Waals surface area contributed by atoms with Gasteiger partial charge in [0.2, 0.25) is 5.91 Å². The van der Waals surface area contributed by atoms with Crippen LogP contribution in [0.4, 0.5) is 0 Å². The minimum absolute atomic E-state index is 0.250. The van der Waals surface area contributed by atoms with Crippen molar-refractivity contribution in [1.29, 1.82) is 0 Å². The van der Waals surface area contributed by atoms with E-state index in [0.717, 1.165) is 63.6 Å². The average molecular weight is 444 g/mol. The summed E-state index contributed by atoms with van der Waals surface area (Å²) in [5.41, 5.74) is 1.18.